The number of fused-ring (bicyclic) bond motifs is 1. The Kier molecular flexibility index (Phi) is 5.33. The molecular formula is C27H17ClN2O2. The van der Waals surface area contributed by atoms with E-state index in [1.807, 2.05) is 84.9 Å². The van der Waals surface area contributed by atoms with Gasteiger partial charge in [-0.1, -0.05) is 72.3 Å². The van der Waals surface area contributed by atoms with Crippen LogP contribution in [0.15, 0.2) is 95.5 Å². The van der Waals surface area contributed by atoms with Crippen molar-refractivity contribution in [2.75, 3.05) is 0 Å². The summed E-state index contributed by atoms with van der Waals surface area (Å²) in [5.41, 5.74) is 4.44. The second kappa shape index (κ2) is 8.58. The summed E-state index contributed by atoms with van der Waals surface area (Å²) < 4.78 is 12.1. The summed E-state index contributed by atoms with van der Waals surface area (Å²) in [5.74, 6) is 1.42. The van der Waals surface area contributed by atoms with Crippen molar-refractivity contribution < 1.29 is 9.15 Å². The van der Waals surface area contributed by atoms with E-state index in [1.165, 1.54) is 6.20 Å². The van der Waals surface area contributed by atoms with Crippen LogP contribution in [0.5, 0.6) is 5.75 Å². The zero-order valence-corrected chi connectivity index (χ0v) is 17.7. The van der Waals surface area contributed by atoms with Gasteiger partial charge in [0.2, 0.25) is 11.4 Å². The predicted molar refractivity (Wildman–Crippen MR) is 127 cm³/mol. The van der Waals surface area contributed by atoms with Crippen molar-refractivity contribution in [3.05, 3.63) is 113 Å². The van der Waals surface area contributed by atoms with Gasteiger partial charge in [0.15, 0.2) is 0 Å². The van der Waals surface area contributed by atoms with Crippen LogP contribution in [0.1, 0.15) is 5.56 Å². The summed E-state index contributed by atoms with van der Waals surface area (Å²) >= 11 is 6.59. The molecule has 2 heterocycles. The first kappa shape index (κ1) is 19.9. The molecule has 5 rings (SSSR count). The molecule has 0 fully saturated rings. The smallest absolute Gasteiger partial charge is 0.226 e. The highest BCUT2D eigenvalue weighted by molar-refractivity contribution is 6.39. The van der Waals surface area contributed by atoms with E-state index in [2.05, 4.69) is 9.83 Å². The average Bonchev–Trinajstić information content (AvgIpc) is 3.25. The lowest BCUT2D eigenvalue weighted by Gasteiger charge is -2.08. The van der Waals surface area contributed by atoms with Gasteiger partial charge in [-0.05, 0) is 35.4 Å². The number of halogens is 1. The number of pyridine rings is 1. The third-order valence-electron chi connectivity index (χ3n) is 5.19. The van der Waals surface area contributed by atoms with Gasteiger partial charge in [-0.2, -0.15) is 0 Å². The standard InChI is InChI=1S/C27H17ClN2O2/c1-29-22-16-30-27-24(25(22)28)23(19-10-6-3-7-11-19)26(32-27)20-12-14-21(15-13-20)31-17-18-8-4-2-5-9-18/h2-16H,17H2. The fourth-order valence-corrected chi connectivity index (χ4v) is 3.89. The Hall–Kier alpha value is -4.07. The monoisotopic (exact) mass is 436 g/mol. The van der Waals surface area contributed by atoms with Crippen LogP contribution in [0.3, 0.4) is 0 Å². The number of nitrogens with zero attached hydrogens (tertiary/aromatic N) is 2. The van der Waals surface area contributed by atoms with Gasteiger partial charge in [0.05, 0.1) is 17.0 Å². The van der Waals surface area contributed by atoms with E-state index >= 15 is 0 Å². The minimum atomic E-state index is 0.299. The first-order valence-electron chi connectivity index (χ1n) is 10.1. The maximum Gasteiger partial charge on any atom is 0.226 e. The number of furan rings is 1. The highest BCUT2D eigenvalue weighted by Crippen LogP contribution is 2.45. The Bertz CT molecular complexity index is 1420. The highest BCUT2D eigenvalue weighted by Gasteiger charge is 2.22. The number of aromatic nitrogens is 1. The molecule has 154 valence electrons. The number of rotatable bonds is 5. The van der Waals surface area contributed by atoms with Gasteiger partial charge >= 0.3 is 0 Å². The van der Waals surface area contributed by atoms with E-state index in [0.29, 0.717) is 34.2 Å². The van der Waals surface area contributed by atoms with Crippen molar-refractivity contribution in [3.8, 4) is 28.2 Å². The van der Waals surface area contributed by atoms with Crippen molar-refractivity contribution in [2.24, 2.45) is 0 Å². The molecule has 32 heavy (non-hydrogen) atoms. The van der Waals surface area contributed by atoms with Crippen LogP contribution in [0.4, 0.5) is 5.69 Å². The first-order valence-corrected chi connectivity index (χ1v) is 10.4. The van der Waals surface area contributed by atoms with Gasteiger partial charge in [-0.15, -0.1) is 0 Å². The van der Waals surface area contributed by atoms with Crippen LogP contribution >= 0.6 is 11.6 Å². The number of hydrogen-bond donors (Lipinski definition) is 0. The second-order valence-corrected chi connectivity index (χ2v) is 7.60. The van der Waals surface area contributed by atoms with Gasteiger partial charge in [0.1, 0.15) is 18.1 Å². The fraction of sp³-hybridized carbons (Fsp3) is 0.0370. The van der Waals surface area contributed by atoms with E-state index < -0.39 is 0 Å². The molecule has 0 N–H and O–H groups in total. The molecule has 5 aromatic rings. The molecule has 0 atom stereocenters. The molecule has 2 aromatic heterocycles. The van der Waals surface area contributed by atoms with Crippen LogP contribution in [-0.4, -0.2) is 4.98 Å². The van der Waals surface area contributed by atoms with E-state index in [0.717, 1.165) is 28.0 Å². The molecule has 5 heteroatoms. The third-order valence-corrected chi connectivity index (χ3v) is 5.57. The Labute approximate surface area is 190 Å². The molecule has 4 nitrogen and oxygen atoms in total. The van der Waals surface area contributed by atoms with Crippen molar-refractivity contribution in [1.82, 2.24) is 4.98 Å². The number of hydrogen-bond acceptors (Lipinski definition) is 3. The summed E-state index contributed by atoms with van der Waals surface area (Å²) in [6, 6.07) is 27.6. The quantitative estimate of drug-likeness (QED) is 0.262. The van der Waals surface area contributed by atoms with Gasteiger partial charge < -0.3 is 9.15 Å². The summed E-state index contributed by atoms with van der Waals surface area (Å²) in [6.07, 6.45) is 1.44. The van der Waals surface area contributed by atoms with Crippen molar-refractivity contribution in [3.63, 3.8) is 0 Å². The lowest BCUT2D eigenvalue weighted by molar-refractivity contribution is 0.306. The Balaban J connectivity index is 1.57. The summed E-state index contributed by atoms with van der Waals surface area (Å²) in [7, 11) is 0. The molecule has 0 amide bonds. The maximum absolute atomic E-state index is 7.39. The Morgan fingerprint density at radius 3 is 2.25 bits per heavy atom. The first-order chi connectivity index (χ1) is 15.7. The second-order valence-electron chi connectivity index (χ2n) is 7.22. The summed E-state index contributed by atoms with van der Waals surface area (Å²) in [4.78, 5) is 7.83. The van der Waals surface area contributed by atoms with E-state index in [4.69, 9.17) is 27.3 Å². The summed E-state index contributed by atoms with van der Waals surface area (Å²) in [6.45, 7) is 7.89. The molecule has 0 bridgehead atoms. The Morgan fingerprint density at radius 2 is 1.56 bits per heavy atom. The van der Waals surface area contributed by atoms with Crippen LogP contribution in [0, 0.1) is 6.57 Å². The topological polar surface area (TPSA) is 39.6 Å². The normalized spacial score (nSPS) is 10.8. The zero-order chi connectivity index (χ0) is 21.9. The zero-order valence-electron chi connectivity index (χ0n) is 17.0. The molecule has 0 unspecified atom stereocenters. The summed E-state index contributed by atoms with van der Waals surface area (Å²) in [5, 5.41) is 0.993. The molecule has 0 saturated heterocycles. The average molecular weight is 437 g/mol. The Morgan fingerprint density at radius 1 is 0.875 bits per heavy atom. The van der Waals surface area contributed by atoms with E-state index in [9.17, 15) is 0 Å². The maximum atomic E-state index is 7.39. The molecule has 0 spiro atoms. The highest BCUT2D eigenvalue weighted by atomic mass is 35.5. The molecule has 0 aliphatic carbocycles. The minimum Gasteiger partial charge on any atom is -0.489 e. The van der Waals surface area contributed by atoms with Crippen LogP contribution < -0.4 is 4.74 Å². The van der Waals surface area contributed by atoms with E-state index in [-0.39, 0.29) is 0 Å². The largest absolute Gasteiger partial charge is 0.489 e. The van der Waals surface area contributed by atoms with Crippen LogP contribution in [0.2, 0.25) is 5.02 Å². The van der Waals surface area contributed by atoms with Gasteiger partial charge in [0.25, 0.3) is 0 Å². The van der Waals surface area contributed by atoms with Gasteiger partial charge in [0, 0.05) is 17.3 Å². The van der Waals surface area contributed by atoms with Crippen molar-refractivity contribution >= 4 is 28.4 Å². The number of benzene rings is 3. The van der Waals surface area contributed by atoms with Gasteiger partial charge in [-0.25, -0.2) is 9.83 Å². The van der Waals surface area contributed by atoms with Crippen molar-refractivity contribution in [1.29, 1.82) is 0 Å². The molecular weight excluding hydrogens is 420 g/mol. The molecule has 0 aliphatic heterocycles. The lowest BCUT2D eigenvalue weighted by Crippen LogP contribution is -1.94. The molecule has 0 radical (unpaired) electrons. The predicted octanol–water partition coefficient (Wildman–Crippen LogP) is 7.94. The van der Waals surface area contributed by atoms with Crippen molar-refractivity contribution in [2.45, 2.75) is 6.61 Å². The molecule has 0 saturated carbocycles. The molecule has 0 aliphatic rings. The lowest BCUT2D eigenvalue weighted by atomic mass is 9.99. The SMILES string of the molecule is [C-]#[N+]c1cnc2oc(-c3ccc(OCc4ccccc4)cc3)c(-c3ccccc3)c2c1Cl. The molecule has 3 aromatic carbocycles. The fourth-order valence-electron chi connectivity index (χ4n) is 3.62. The number of ether oxygens (including phenoxy) is 1. The van der Waals surface area contributed by atoms with Gasteiger partial charge in [-0.3, -0.25) is 0 Å². The van der Waals surface area contributed by atoms with E-state index in [1.54, 1.807) is 0 Å². The van der Waals surface area contributed by atoms with Crippen LogP contribution in [0.25, 0.3) is 38.4 Å². The third kappa shape index (κ3) is 3.71. The minimum absolute atomic E-state index is 0.299. The van der Waals surface area contributed by atoms with Crippen LogP contribution in [-0.2, 0) is 6.61 Å².